The smallest absolute Gasteiger partial charge is 0.411 e. The molecule has 0 aliphatic carbocycles. The van der Waals surface area contributed by atoms with Gasteiger partial charge in [0.25, 0.3) is 0 Å². The van der Waals surface area contributed by atoms with Gasteiger partial charge in [-0.15, -0.1) is 0 Å². The highest BCUT2D eigenvalue weighted by Gasteiger charge is 2.40. The molecule has 0 spiro atoms. The first-order valence-electron chi connectivity index (χ1n) is 18.4. The third kappa shape index (κ3) is 7.29. The van der Waals surface area contributed by atoms with E-state index in [4.69, 9.17) is 19.4 Å². The molecule has 272 valence electrons. The zero-order valence-corrected chi connectivity index (χ0v) is 31.5. The van der Waals surface area contributed by atoms with Crippen LogP contribution in [0, 0.1) is 0 Å². The number of aromatic amines is 2. The van der Waals surface area contributed by atoms with Crippen LogP contribution in [0.1, 0.15) is 105 Å². The predicted molar refractivity (Wildman–Crippen MR) is 204 cm³/mol. The number of likely N-dealkylation sites (tertiary alicyclic amines) is 2. The van der Waals surface area contributed by atoms with Crippen molar-refractivity contribution in [3.63, 3.8) is 0 Å². The van der Waals surface area contributed by atoms with Crippen molar-refractivity contribution in [2.24, 2.45) is 0 Å². The van der Waals surface area contributed by atoms with E-state index in [0.29, 0.717) is 0 Å². The SMILES string of the molecule is CC1CCC(c2ncc(-c3ccc(-c4ccc5cc(-c6cnc(C7CCC(C)N7C(=O)OC(C)(C)C)[nH]6)ccc5c4)cc3)[nH]2)N1C(=O)OC(C)(C)C. The van der Waals surface area contributed by atoms with Crippen LogP contribution < -0.4 is 0 Å². The van der Waals surface area contributed by atoms with Crippen molar-refractivity contribution in [2.75, 3.05) is 0 Å². The number of imidazole rings is 2. The summed E-state index contributed by atoms with van der Waals surface area (Å²) < 4.78 is 11.4. The standard InChI is InChI=1S/C42H50N6O4/c1-25-9-19-35(47(25)39(49)51-41(3,4)5)37-43-23-33(45-37)28-13-11-27(12-14-28)29-15-16-31-22-32(18-17-30(31)21-29)34-24-44-38(46-34)36-20-10-26(2)48(36)40(50)52-42(6,7)8/h11-18,21-26,35-36H,9-10,19-20H2,1-8H3,(H,43,45)(H,44,46). The fourth-order valence-electron chi connectivity index (χ4n) is 7.49. The highest BCUT2D eigenvalue weighted by atomic mass is 16.6. The van der Waals surface area contributed by atoms with Crippen molar-refractivity contribution in [2.45, 2.75) is 116 Å². The molecule has 52 heavy (non-hydrogen) atoms. The number of aromatic nitrogens is 4. The highest BCUT2D eigenvalue weighted by molar-refractivity contribution is 5.90. The van der Waals surface area contributed by atoms with Crippen LogP contribution in [0.2, 0.25) is 0 Å². The molecule has 2 saturated heterocycles. The normalized spacial score (nSPS) is 20.8. The van der Waals surface area contributed by atoms with E-state index in [0.717, 1.165) is 81.7 Å². The number of hydrogen-bond acceptors (Lipinski definition) is 6. The first-order valence-corrected chi connectivity index (χ1v) is 18.4. The van der Waals surface area contributed by atoms with Gasteiger partial charge in [-0.05, 0) is 121 Å². The molecule has 7 rings (SSSR count). The maximum Gasteiger partial charge on any atom is 0.411 e. The first kappa shape index (κ1) is 35.3. The number of amides is 2. The Morgan fingerprint density at radius 3 is 1.48 bits per heavy atom. The fourth-order valence-corrected chi connectivity index (χ4v) is 7.49. The summed E-state index contributed by atoms with van der Waals surface area (Å²) >= 11 is 0. The molecule has 5 aromatic rings. The van der Waals surface area contributed by atoms with E-state index in [1.54, 1.807) is 0 Å². The van der Waals surface area contributed by atoms with Crippen LogP contribution in [-0.4, -0.2) is 65.2 Å². The fraction of sp³-hybridized carbons (Fsp3) is 0.429. The summed E-state index contributed by atoms with van der Waals surface area (Å²) in [7, 11) is 0. The molecule has 2 amide bonds. The Labute approximate surface area is 305 Å². The average molecular weight is 703 g/mol. The number of carbonyl (C=O) groups is 2. The number of H-pyrrole nitrogens is 2. The van der Waals surface area contributed by atoms with Crippen molar-refractivity contribution in [1.29, 1.82) is 0 Å². The number of fused-ring (bicyclic) bond motifs is 1. The van der Waals surface area contributed by atoms with Crippen molar-refractivity contribution in [1.82, 2.24) is 29.7 Å². The molecule has 10 heteroatoms. The van der Waals surface area contributed by atoms with Crippen LogP contribution in [0.15, 0.2) is 73.1 Å². The Hall–Kier alpha value is -5.12. The highest BCUT2D eigenvalue weighted by Crippen LogP contribution is 2.39. The summed E-state index contributed by atoms with van der Waals surface area (Å²) in [4.78, 5) is 46.1. The van der Waals surface area contributed by atoms with Gasteiger partial charge in [-0.25, -0.2) is 19.6 Å². The molecule has 2 aliphatic heterocycles. The zero-order valence-electron chi connectivity index (χ0n) is 31.5. The lowest BCUT2D eigenvalue weighted by molar-refractivity contribution is 0.0141. The molecule has 2 N–H and O–H groups in total. The molecule has 3 aromatic carbocycles. The third-order valence-corrected chi connectivity index (χ3v) is 10.0. The number of hydrogen-bond donors (Lipinski definition) is 2. The lowest BCUT2D eigenvalue weighted by atomic mass is 9.98. The van der Waals surface area contributed by atoms with E-state index in [1.807, 2.05) is 63.7 Å². The molecule has 0 saturated carbocycles. The van der Waals surface area contributed by atoms with E-state index < -0.39 is 11.2 Å². The van der Waals surface area contributed by atoms with Crippen LogP contribution in [0.5, 0.6) is 0 Å². The summed E-state index contributed by atoms with van der Waals surface area (Å²) in [6, 6.07) is 21.3. The summed E-state index contributed by atoms with van der Waals surface area (Å²) in [5.74, 6) is 1.57. The molecule has 4 unspecified atom stereocenters. The number of nitrogens with one attached hydrogen (secondary N) is 2. The largest absolute Gasteiger partial charge is 0.444 e. The molecule has 2 aromatic heterocycles. The van der Waals surface area contributed by atoms with Gasteiger partial charge in [-0.1, -0.05) is 48.5 Å². The van der Waals surface area contributed by atoms with E-state index in [1.165, 1.54) is 0 Å². The van der Waals surface area contributed by atoms with E-state index in [2.05, 4.69) is 84.5 Å². The minimum atomic E-state index is -0.555. The number of ether oxygens (including phenoxy) is 2. The number of rotatable bonds is 5. The molecule has 10 nitrogen and oxygen atoms in total. The Morgan fingerprint density at radius 1 is 0.596 bits per heavy atom. The third-order valence-electron chi connectivity index (χ3n) is 10.0. The van der Waals surface area contributed by atoms with Gasteiger partial charge in [-0.3, -0.25) is 9.80 Å². The maximum atomic E-state index is 13.0. The second kappa shape index (κ2) is 13.5. The zero-order chi connectivity index (χ0) is 36.9. The first-order chi connectivity index (χ1) is 24.6. The van der Waals surface area contributed by atoms with Crippen LogP contribution in [-0.2, 0) is 9.47 Å². The second-order valence-corrected chi connectivity index (χ2v) is 16.4. The molecule has 0 radical (unpaired) electrons. The van der Waals surface area contributed by atoms with Crippen molar-refractivity contribution >= 4 is 23.0 Å². The van der Waals surface area contributed by atoms with Gasteiger partial charge >= 0.3 is 12.2 Å². The van der Waals surface area contributed by atoms with Crippen molar-refractivity contribution in [3.05, 3.63) is 84.7 Å². The van der Waals surface area contributed by atoms with Gasteiger partial charge < -0.3 is 19.4 Å². The minimum Gasteiger partial charge on any atom is -0.444 e. The quantitative estimate of drug-likeness (QED) is 0.188. The molecule has 4 atom stereocenters. The van der Waals surface area contributed by atoms with E-state index in [9.17, 15) is 9.59 Å². The average Bonchev–Trinajstić information content (AvgIpc) is 3.89. The maximum absolute atomic E-state index is 13.0. The molecule has 2 aliphatic rings. The topological polar surface area (TPSA) is 116 Å². The van der Waals surface area contributed by atoms with Gasteiger partial charge in [-0.2, -0.15) is 0 Å². The lowest BCUT2D eigenvalue weighted by Crippen LogP contribution is -2.40. The summed E-state index contributed by atoms with van der Waals surface area (Å²) in [6.45, 7) is 15.5. The minimum absolute atomic E-state index is 0.0853. The molecular formula is C42H50N6O4. The van der Waals surface area contributed by atoms with Crippen LogP contribution >= 0.6 is 0 Å². The number of carbonyl (C=O) groups excluding carboxylic acids is 2. The molecule has 0 bridgehead atoms. The number of nitrogens with zero attached hydrogens (tertiary/aromatic N) is 4. The van der Waals surface area contributed by atoms with Crippen LogP contribution in [0.25, 0.3) is 44.4 Å². The second-order valence-electron chi connectivity index (χ2n) is 16.4. The van der Waals surface area contributed by atoms with Gasteiger partial charge in [0.1, 0.15) is 22.9 Å². The van der Waals surface area contributed by atoms with Gasteiger partial charge in [0, 0.05) is 17.6 Å². The monoisotopic (exact) mass is 702 g/mol. The summed E-state index contributed by atoms with van der Waals surface area (Å²) in [5, 5.41) is 2.27. The predicted octanol–water partition coefficient (Wildman–Crippen LogP) is 10.2. The van der Waals surface area contributed by atoms with Crippen LogP contribution in [0.4, 0.5) is 9.59 Å². The Morgan fingerprint density at radius 2 is 1.00 bits per heavy atom. The number of benzene rings is 3. The summed E-state index contributed by atoms with van der Waals surface area (Å²) in [6.07, 6.45) is 6.60. The van der Waals surface area contributed by atoms with E-state index in [-0.39, 0.29) is 36.4 Å². The van der Waals surface area contributed by atoms with E-state index >= 15 is 0 Å². The van der Waals surface area contributed by atoms with Gasteiger partial charge in [0.15, 0.2) is 0 Å². The Kier molecular flexibility index (Phi) is 9.13. The molecular weight excluding hydrogens is 653 g/mol. The van der Waals surface area contributed by atoms with Crippen molar-refractivity contribution < 1.29 is 19.1 Å². The lowest BCUT2D eigenvalue weighted by Gasteiger charge is -2.30. The Balaban J connectivity index is 1.05. The molecule has 2 fully saturated rings. The summed E-state index contributed by atoms with van der Waals surface area (Å²) in [5.41, 5.74) is 5.05. The van der Waals surface area contributed by atoms with Crippen LogP contribution in [0.3, 0.4) is 0 Å². The Bertz CT molecular complexity index is 2090. The van der Waals surface area contributed by atoms with Crippen molar-refractivity contribution in [3.8, 4) is 33.6 Å². The molecule has 4 heterocycles. The van der Waals surface area contributed by atoms with Gasteiger partial charge in [0.05, 0.1) is 35.9 Å². The van der Waals surface area contributed by atoms with Gasteiger partial charge in [0.2, 0.25) is 0 Å².